The van der Waals surface area contributed by atoms with E-state index < -0.39 is 19.6 Å². The van der Waals surface area contributed by atoms with Gasteiger partial charge in [-0.05, 0) is 24.1 Å². The number of rotatable bonds is 6. The standard InChI is InChI=1S/C11H13F3O3/c12-11(13,14)7-16-8-17-10-3-1-9(2-4-10)5-6-15/h1-4,15H,5-8H2. The Labute approximate surface area is 96.8 Å². The second kappa shape index (κ2) is 6.46. The number of ether oxygens (including phenoxy) is 2. The summed E-state index contributed by atoms with van der Waals surface area (Å²) in [6, 6.07) is 6.69. The molecule has 17 heavy (non-hydrogen) atoms. The zero-order valence-corrected chi connectivity index (χ0v) is 9.04. The molecule has 0 saturated heterocycles. The molecule has 1 aromatic carbocycles. The summed E-state index contributed by atoms with van der Waals surface area (Å²) in [7, 11) is 0. The lowest BCUT2D eigenvalue weighted by atomic mass is 10.1. The van der Waals surface area contributed by atoms with E-state index in [9.17, 15) is 13.2 Å². The van der Waals surface area contributed by atoms with Crippen LogP contribution in [0, 0.1) is 0 Å². The lowest BCUT2D eigenvalue weighted by Gasteiger charge is -2.09. The fourth-order valence-corrected chi connectivity index (χ4v) is 1.15. The van der Waals surface area contributed by atoms with Gasteiger partial charge in [-0.25, -0.2) is 0 Å². The zero-order valence-electron chi connectivity index (χ0n) is 9.04. The molecular weight excluding hydrogens is 237 g/mol. The number of hydrogen-bond donors (Lipinski definition) is 1. The van der Waals surface area contributed by atoms with Gasteiger partial charge in [0.15, 0.2) is 6.79 Å². The van der Waals surface area contributed by atoms with Crippen molar-refractivity contribution in [3.8, 4) is 5.75 Å². The summed E-state index contributed by atoms with van der Waals surface area (Å²) in [6.07, 6.45) is -3.81. The van der Waals surface area contributed by atoms with Crippen molar-refractivity contribution in [2.45, 2.75) is 12.6 Å². The molecule has 0 bridgehead atoms. The number of benzene rings is 1. The van der Waals surface area contributed by atoms with E-state index >= 15 is 0 Å². The van der Waals surface area contributed by atoms with E-state index in [2.05, 4.69) is 4.74 Å². The summed E-state index contributed by atoms with van der Waals surface area (Å²) in [5, 5.41) is 8.68. The molecule has 0 heterocycles. The van der Waals surface area contributed by atoms with E-state index in [1.54, 1.807) is 24.3 Å². The Morgan fingerprint density at radius 1 is 1.12 bits per heavy atom. The molecule has 0 fully saturated rings. The maximum absolute atomic E-state index is 11.7. The van der Waals surface area contributed by atoms with E-state index in [0.717, 1.165) is 5.56 Å². The van der Waals surface area contributed by atoms with Crippen LogP contribution in [0.5, 0.6) is 5.75 Å². The molecule has 0 saturated carbocycles. The van der Waals surface area contributed by atoms with Gasteiger partial charge in [0.05, 0.1) is 0 Å². The van der Waals surface area contributed by atoms with Crippen molar-refractivity contribution >= 4 is 0 Å². The lowest BCUT2D eigenvalue weighted by Crippen LogP contribution is -2.19. The van der Waals surface area contributed by atoms with Gasteiger partial charge in [-0.15, -0.1) is 0 Å². The molecule has 0 atom stereocenters. The van der Waals surface area contributed by atoms with Crippen molar-refractivity contribution in [1.82, 2.24) is 0 Å². The van der Waals surface area contributed by atoms with Gasteiger partial charge in [-0.2, -0.15) is 13.2 Å². The summed E-state index contributed by atoms with van der Waals surface area (Å²) >= 11 is 0. The number of halogens is 3. The van der Waals surface area contributed by atoms with Crippen molar-refractivity contribution in [2.75, 3.05) is 20.0 Å². The molecular formula is C11H13F3O3. The van der Waals surface area contributed by atoms with E-state index in [0.29, 0.717) is 12.2 Å². The van der Waals surface area contributed by atoms with Gasteiger partial charge in [-0.1, -0.05) is 12.1 Å². The van der Waals surface area contributed by atoms with Crippen molar-refractivity contribution in [1.29, 1.82) is 0 Å². The van der Waals surface area contributed by atoms with Crippen LogP contribution >= 0.6 is 0 Å². The summed E-state index contributed by atoms with van der Waals surface area (Å²) in [6.45, 7) is -1.72. The summed E-state index contributed by atoms with van der Waals surface area (Å²) in [4.78, 5) is 0. The van der Waals surface area contributed by atoms with Crippen LogP contribution < -0.4 is 4.74 Å². The Kier molecular flexibility index (Phi) is 5.24. The SMILES string of the molecule is OCCc1ccc(OCOCC(F)(F)F)cc1. The van der Waals surface area contributed by atoms with Crippen LogP contribution in [-0.2, 0) is 11.2 Å². The zero-order chi connectivity index (χ0) is 12.7. The maximum atomic E-state index is 11.7. The van der Waals surface area contributed by atoms with E-state index in [-0.39, 0.29) is 6.61 Å². The predicted octanol–water partition coefficient (Wildman–Crippen LogP) is 2.14. The number of aliphatic hydroxyl groups is 1. The molecule has 1 N–H and O–H groups in total. The first-order valence-corrected chi connectivity index (χ1v) is 4.98. The van der Waals surface area contributed by atoms with Crippen molar-refractivity contribution in [3.05, 3.63) is 29.8 Å². The summed E-state index contributed by atoms with van der Waals surface area (Å²) < 4.78 is 44.4. The van der Waals surface area contributed by atoms with Crippen LogP contribution in [-0.4, -0.2) is 31.3 Å². The first kappa shape index (κ1) is 13.8. The van der Waals surface area contributed by atoms with Crippen molar-refractivity contribution in [3.63, 3.8) is 0 Å². The minimum atomic E-state index is -4.34. The van der Waals surface area contributed by atoms with Crippen LogP contribution in [0.25, 0.3) is 0 Å². The molecule has 0 amide bonds. The predicted molar refractivity (Wildman–Crippen MR) is 54.7 cm³/mol. The average Bonchev–Trinajstić information content (AvgIpc) is 2.26. The summed E-state index contributed by atoms with van der Waals surface area (Å²) in [5.41, 5.74) is 0.927. The monoisotopic (exact) mass is 250 g/mol. The molecule has 0 unspecified atom stereocenters. The van der Waals surface area contributed by atoms with Gasteiger partial charge in [-0.3, -0.25) is 0 Å². The molecule has 0 spiro atoms. The number of hydrogen-bond acceptors (Lipinski definition) is 3. The second-order valence-electron chi connectivity index (χ2n) is 3.34. The van der Waals surface area contributed by atoms with Crippen LogP contribution in [0.2, 0.25) is 0 Å². The smallest absolute Gasteiger partial charge is 0.411 e. The first-order chi connectivity index (χ1) is 8.01. The minimum Gasteiger partial charge on any atom is -0.468 e. The van der Waals surface area contributed by atoms with Gasteiger partial charge >= 0.3 is 6.18 Å². The summed E-state index contributed by atoms with van der Waals surface area (Å²) in [5.74, 6) is 0.425. The highest BCUT2D eigenvalue weighted by Gasteiger charge is 2.27. The molecule has 1 aromatic rings. The highest BCUT2D eigenvalue weighted by Crippen LogP contribution is 2.15. The van der Waals surface area contributed by atoms with Crippen molar-refractivity contribution < 1.29 is 27.8 Å². The van der Waals surface area contributed by atoms with Gasteiger partial charge in [0, 0.05) is 6.61 Å². The lowest BCUT2D eigenvalue weighted by molar-refractivity contribution is -0.186. The first-order valence-electron chi connectivity index (χ1n) is 4.98. The Bertz CT molecular complexity index is 322. The normalized spacial score (nSPS) is 11.5. The van der Waals surface area contributed by atoms with Gasteiger partial charge in [0.25, 0.3) is 0 Å². The molecule has 96 valence electrons. The molecule has 1 rings (SSSR count). The van der Waals surface area contributed by atoms with Crippen molar-refractivity contribution in [2.24, 2.45) is 0 Å². The Morgan fingerprint density at radius 3 is 2.29 bits per heavy atom. The van der Waals surface area contributed by atoms with Gasteiger partial charge < -0.3 is 14.6 Å². The number of aliphatic hydroxyl groups excluding tert-OH is 1. The largest absolute Gasteiger partial charge is 0.468 e. The third-order valence-corrected chi connectivity index (χ3v) is 1.90. The highest BCUT2D eigenvalue weighted by atomic mass is 19.4. The van der Waals surface area contributed by atoms with E-state index in [1.165, 1.54) is 0 Å². The molecule has 3 nitrogen and oxygen atoms in total. The van der Waals surface area contributed by atoms with Crippen LogP contribution in [0.1, 0.15) is 5.56 Å². The minimum absolute atomic E-state index is 0.0505. The van der Waals surface area contributed by atoms with Gasteiger partial charge in [0.1, 0.15) is 12.4 Å². The molecule has 0 aliphatic carbocycles. The number of alkyl halides is 3. The quantitative estimate of drug-likeness (QED) is 0.621. The fraction of sp³-hybridized carbons (Fsp3) is 0.455. The van der Waals surface area contributed by atoms with Gasteiger partial charge in [0.2, 0.25) is 0 Å². The van der Waals surface area contributed by atoms with Crippen LogP contribution in [0.15, 0.2) is 24.3 Å². The topological polar surface area (TPSA) is 38.7 Å². The van der Waals surface area contributed by atoms with E-state index in [4.69, 9.17) is 9.84 Å². The van der Waals surface area contributed by atoms with Crippen LogP contribution in [0.4, 0.5) is 13.2 Å². The molecule has 6 heteroatoms. The Morgan fingerprint density at radius 2 is 1.76 bits per heavy atom. The molecule has 0 aliphatic rings. The third kappa shape index (κ3) is 6.13. The average molecular weight is 250 g/mol. The molecule has 0 aliphatic heterocycles. The highest BCUT2D eigenvalue weighted by molar-refractivity contribution is 5.27. The van der Waals surface area contributed by atoms with Crippen LogP contribution in [0.3, 0.4) is 0 Å². The maximum Gasteiger partial charge on any atom is 0.411 e. The Hall–Kier alpha value is -1.27. The second-order valence-corrected chi connectivity index (χ2v) is 3.34. The van der Waals surface area contributed by atoms with E-state index in [1.807, 2.05) is 0 Å². The third-order valence-electron chi connectivity index (χ3n) is 1.90. The molecule has 0 radical (unpaired) electrons. The molecule has 0 aromatic heterocycles. The fourth-order valence-electron chi connectivity index (χ4n) is 1.15. The Balaban J connectivity index is 2.27.